The fraction of sp³-hybridized carbons (Fsp3) is 0.500. The van der Waals surface area contributed by atoms with Crippen LogP contribution in [0.25, 0.3) is 0 Å². The summed E-state index contributed by atoms with van der Waals surface area (Å²) < 4.78 is 5.71. The normalized spacial score (nSPS) is 11.1. The van der Waals surface area contributed by atoms with E-state index in [0.717, 1.165) is 16.9 Å². The standard InChI is InChI=1S/C16H24N2O3/c1-6-10-8-13(21-7-2)11(16(3,4)5)9-12(10)18-15(20)14(17)19/h8-9H,6-7H2,1-5H3,(H2,17,19)(H,18,20). The molecule has 0 fully saturated rings. The average molecular weight is 292 g/mol. The number of aryl methyl sites for hydroxylation is 1. The predicted molar refractivity (Wildman–Crippen MR) is 83.5 cm³/mol. The number of carbonyl (C=O) groups excluding carboxylic acids is 2. The monoisotopic (exact) mass is 292 g/mol. The first-order valence-corrected chi connectivity index (χ1v) is 7.11. The van der Waals surface area contributed by atoms with Crippen molar-refractivity contribution in [1.82, 2.24) is 0 Å². The largest absolute Gasteiger partial charge is 0.494 e. The number of primary amides is 1. The van der Waals surface area contributed by atoms with E-state index in [1.54, 1.807) is 0 Å². The van der Waals surface area contributed by atoms with Crippen molar-refractivity contribution in [3.63, 3.8) is 0 Å². The van der Waals surface area contributed by atoms with Crippen LogP contribution in [0.5, 0.6) is 5.75 Å². The molecule has 0 bridgehead atoms. The molecule has 0 unspecified atom stereocenters. The van der Waals surface area contributed by atoms with Gasteiger partial charge in [-0.1, -0.05) is 27.7 Å². The van der Waals surface area contributed by atoms with Gasteiger partial charge in [-0.25, -0.2) is 0 Å². The van der Waals surface area contributed by atoms with Crippen LogP contribution >= 0.6 is 0 Å². The van der Waals surface area contributed by atoms with Crippen LogP contribution in [-0.4, -0.2) is 18.4 Å². The molecule has 0 atom stereocenters. The van der Waals surface area contributed by atoms with Crippen LogP contribution in [0.15, 0.2) is 12.1 Å². The maximum Gasteiger partial charge on any atom is 0.313 e. The van der Waals surface area contributed by atoms with Crippen LogP contribution in [-0.2, 0) is 21.4 Å². The Hall–Kier alpha value is -2.04. The number of anilines is 1. The molecule has 0 aromatic heterocycles. The minimum absolute atomic E-state index is 0.150. The van der Waals surface area contributed by atoms with E-state index in [4.69, 9.17) is 10.5 Å². The lowest BCUT2D eigenvalue weighted by molar-refractivity contribution is -0.134. The molecule has 5 heteroatoms. The van der Waals surface area contributed by atoms with Crippen molar-refractivity contribution in [3.8, 4) is 5.75 Å². The average Bonchev–Trinajstić information content (AvgIpc) is 2.38. The molecule has 1 aromatic carbocycles. The zero-order chi connectivity index (χ0) is 16.2. The Balaban J connectivity index is 3.36. The molecule has 21 heavy (non-hydrogen) atoms. The molecular weight excluding hydrogens is 268 g/mol. The molecule has 1 aromatic rings. The molecule has 3 N–H and O–H groups in total. The molecule has 0 aliphatic carbocycles. The Morgan fingerprint density at radius 2 is 1.86 bits per heavy atom. The second-order valence-electron chi connectivity index (χ2n) is 5.86. The Bertz CT molecular complexity index is 545. The number of ether oxygens (including phenoxy) is 1. The number of benzene rings is 1. The van der Waals surface area contributed by atoms with Crippen molar-refractivity contribution in [2.24, 2.45) is 5.73 Å². The first-order valence-electron chi connectivity index (χ1n) is 7.11. The Labute approximate surface area is 125 Å². The third kappa shape index (κ3) is 4.21. The molecule has 0 heterocycles. The van der Waals surface area contributed by atoms with Crippen molar-refractivity contribution >= 4 is 17.5 Å². The molecule has 0 aliphatic heterocycles. The highest BCUT2D eigenvalue weighted by atomic mass is 16.5. The molecule has 0 radical (unpaired) electrons. The molecule has 0 spiro atoms. The number of hydrogen-bond donors (Lipinski definition) is 2. The van der Waals surface area contributed by atoms with E-state index in [-0.39, 0.29) is 5.41 Å². The van der Waals surface area contributed by atoms with Gasteiger partial charge in [0.1, 0.15) is 5.75 Å². The van der Waals surface area contributed by atoms with E-state index in [2.05, 4.69) is 26.1 Å². The SMILES string of the molecule is CCOc1cc(CC)c(NC(=O)C(N)=O)cc1C(C)(C)C. The summed E-state index contributed by atoms with van der Waals surface area (Å²) in [5, 5.41) is 2.57. The van der Waals surface area contributed by atoms with E-state index < -0.39 is 11.8 Å². The highest BCUT2D eigenvalue weighted by Gasteiger charge is 2.22. The fourth-order valence-electron chi connectivity index (χ4n) is 2.08. The molecular formula is C16H24N2O3. The lowest BCUT2D eigenvalue weighted by Gasteiger charge is -2.25. The van der Waals surface area contributed by atoms with Gasteiger partial charge >= 0.3 is 11.8 Å². The number of carbonyl (C=O) groups is 2. The van der Waals surface area contributed by atoms with E-state index >= 15 is 0 Å². The zero-order valence-electron chi connectivity index (χ0n) is 13.4. The van der Waals surface area contributed by atoms with E-state index in [1.165, 1.54) is 0 Å². The van der Waals surface area contributed by atoms with Gasteiger partial charge in [-0.15, -0.1) is 0 Å². The number of amides is 2. The quantitative estimate of drug-likeness (QED) is 0.836. The molecule has 116 valence electrons. The molecule has 2 amide bonds. The van der Waals surface area contributed by atoms with E-state index in [9.17, 15) is 9.59 Å². The molecule has 0 saturated carbocycles. The maximum atomic E-state index is 11.5. The summed E-state index contributed by atoms with van der Waals surface area (Å²) in [5.41, 5.74) is 7.33. The van der Waals surface area contributed by atoms with Crippen LogP contribution in [0.3, 0.4) is 0 Å². The summed E-state index contributed by atoms with van der Waals surface area (Å²) in [6.45, 7) is 10.7. The summed E-state index contributed by atoms with van der Waals surface area (Å²) in [5.74, 6) is -1.00. The van der Waals surface area contributed by atoms with Gasteiger partial charge in [0.25, 0.3) is 0 Å². The third-order valence-electron chi connectivity index (χ3n) is 3.17. The van der Waals surface area contributed by atoms with Crippen molar-refractivity contribution < 1.29 is 14.3 Å². The topological polar surface area (TPSA) is 81.4 Å². The van der Waals surface area contributed by atoms with Crippen LogP contribution in [0.4, 0.5) is 5.69 Å². The highest BCUT2D eigenvalue weighted by molar-refractivity contribution is 6.39. The van der Waals surface area contributed by atoms with Crippen molar-refractivity contribution in [2.75, 3.05) is 11.9 Å². The Kier molecular flexibility index (Phi) is 5.35. The minimum Gasteiger partial charge on any atom is -0.494 e. The van der Waals surface area contributed by atoms with Gasteiger partial charge in [0.05, 0.1) is 6.61 Å². The summed E-state index contributed by atoms with van der Waals surface area (Å²) in [6.07, 6.45) is 0.707. The predicted octanol–water partition coefficient (Wildman–Crippen LogP) is 2.37. The van der Waals surface area contributed by atoms with Gasteiger partial charge in [-0.3, -0.25) is 9.59 Å². The molecule has 5 nitrogen and oxygen atoms in total. The Morgan fingerprint density at radius 3 is 2.29 bits per heavy atom. The van der Waals surface area contributed by atoms with Crippen LogP contribution in [0.1, 0.15) is 45.7 Å². The minimum atomic E-state index is -0.997. The van der Waals surface area contributed by atoms with Crippen molar-refractivity contribution in [3.05, 3.63) is 23.3 Å². The lowest BCUT2D eigenvalue weighted by atomic mass is 9.85. The van der Waals surface area contributed by atoms with Crippen LogP contribution < -0.4 is 15.8 Å². The number of nitrogens with two attached hydrogens (primary N) is 1. The highest BCUT2D eigenvalue weighted by Crippen LogP contribution is 2.36. The molecule has 1 rings (SSSR count). The summed E-state index contributed by atoms with van der Waals surface area (Å²) in [4.78, 5) is 22.5. The third-order valence-corrected chi connectivity index (χ3v) is 3.17. The summed E-state index contributed by atoms with van der Waals surface area (Å²) in [7, 11) is 0. The van der Waals surface area contributed by atoms with Gasteiger partial charge in [0, 0.05) is 11.3 Å². The van der Waals surface area contributed by atoms with E-state index in [0.29, 0.717) is 18.7 Å². The molecule has 0 saturated heterocycles. The lowest BCUT2D eigenvalue weighted by Crippen LogP contribution is -2.30. The Morgan fingerprint density at radius 1 is 1.24 bits per heavy atom. The van der Waals surface area contributed by atoms with Gasteiger partial charge in [-0.05, 0) is 36.5 Å². The molecule has 0 aliphatic rings. The van der Waals surface area contributed by atoms with Gasteiger partial charge in [0.2, 0.25) is 0 Å². The second kappa shape index (κ2) is 6.61. The summed E-state index contributed by atoms with van der Waals surface area (Å²) >= 11 is 0. The number of rotatable bonds is 4. The van der Waals surface area contributed by atoms with Gasteiger partial charge < -0.3 is 15.8 Å². The van der Waals surface area contributed by atoms with Crippen molar-refractivity contribution in [1.29, 1.82) is 0 Å². The van der Waals surface area contributed by atoms with Crippen LogP contribution in [0, 0.1) is 0 Å². The van der Waals surface area contributed by atoms with Gasteiger partial charge in [-0.2, -0.15) is 0 Å². The summed E-state index contributed by atoms with van der Waals surface area (Å²) in [6, 6.07) is 3.78. The first-order chi connectivity index (χ1) is 9.70. The number of hydrogen-bond acceptors (Lipinski definition) is 3. The smallest absolute Gasteiger partial charge is 0.313 e. The second-order valence-corrected chi connectivity index (χ2v) is 5.86. The number of nitrogens with one attached hydrogen (secondary N) is 1. The van der Waals surface area contributed by atoms with Crippen molar-refractivity contribution in [2.45, 2.75) is 46.5 Å². The fourth-order valence-corrected chi connectivity index (χ4v) is 2.08. The zero-order valence-corrected chi connectivity index (χ0v) is 13.4. The van der Waals surface area contributed by atoms with Gasteiger partial charge in [0.15, 0.2) is 0 Å². The van der Waals surface area contributed by atoms with Crippen LogP contribution in [0.2, 0.25) is 0 Å². The first kappa shape index (κ1) is 17.0. The maximum absolute atomic E-state index is 11.5. The van der Waals surface area contributed by atoms with E-state index in [1.807, 2.05) is 26.0 Å².